The van der Waals surface area contributed by atoms with E-state index >= 15 is 0 Å². The fourth-order valence-electron chi connectivity index (χ4n) is 4.79. The van der Waals surface area contributed by atoms with E-state index in [2.05, 4.69) is 97.1 Å². The van der Waals surface area contributed by atoms with Crippen LogP contribution in [-0.4, -0.2) is 64.2 Å². The van der Waals surface area contributed by atoms with Crippen molar-refractivity contribution in [1.82, 2.24) is 10.6 Å². The van der Waals surface area contributed by atoms with Gasteiger partial charge < -0.3 is 25.2 Å². The molecule has 2 aromatic rings. The molecule has 0 aromatic heterocycles. The minimum absolute atomic E-state index is 0.0355. The minimum atomic E-state index is -1.58. The van der Waals surface area contributed by atoms with Crippen LogP contribution in [-0.2, 0) is 14.3 Å². The largest absolute Gasteiger partial charge is 0.480 e. The highest BCUT2D eigenvalue weighted by molar-refractivity contribution is 6.84. The van der Waals surface area contributed by atoms with Crippen molar-refractivity contribution in [3.8, 4) is 34.1 Å². The predicted molar refractivity (Wildman–Crippen MR) is 188 cm³/mol. The van der Waals surface area contributed by atoms with Crippen molar-refractivity contribution in [2.45, 2.75) is 96.9 Å². The normalized spacial score (nSPS) is 13.2. The number of carbonyl (C=O) groups is 3. The van der Waals surface area contributed by atoms with Crippen molar-refractivity contribution in [2.75, 3.05) is 13.2 Å². The van der Waals surface area contributed by atoms with E-state index in [1.165, 1.54) is 0 Å². The molecule has 0 saturated heterocycles. The van der Waals surface area contributed by atoms with Gasteiger partial charge in [-0.1, -0.05) is 63.3 Å². The first kappa shape index (κ1) is 36.5. The van der Waals surface area contributed by atoms with Crippen LogP contribution in [0.25, 0.3) is 11.1 Å². The molecule has 246 valence electrons. The first-order chi connectivity index (χ1) is 21.3. The Kier molecular flexibility index (Phi) is 11.9. The third-order valence-corrected chi connectivity index (χ3v) is 8.62. The van der Waals surface area contributed by atoms with Gasteiger partial charge in [0, 0.05) is 23.6 Å². The van der Waals surface area contributed by atoms with Gasteiger partial charge >= 0.3 is 18.2 Å². The zero-order chi connectivity index (χ0) is 34.3. The molecule has 0 unspecified atom stereocenters. The Morgan fingerprint density at radius 3 is 1.83 bits per heavy atom. The molecule has 2 amide bonds. The summed E-state index contributed by atoms with van der Waals surface area (Å²) in [7, 11) is -3.17. The van der Waals surface area contributed by atoms with Crippen molar-refractivity contribution in [2.24, 2.45) is 0 Å². The number of nitrogens with one attached hydrogen (secondary N) is 2. The van der Waals surface area contributed by atoms with E-state index in [9.17, 15) is 19.5 Å². The van der Waals surface area contributed by atoms with E-state index in [1.54, 1.807) is 20.8 Å². The number of hydrogen-bond acceptors (Lipinski definition) is 5. The maximum absolute atomic E-state index is 12.9. The van der Waals surface area contributed by atoms with Crippen LogP contribution in [0.5, 0.6) is 0 Å². The molecule has 10 heteroatoms. The van der Waals surface area contributed by atoms with Crippen LogP contribution in [0.15, 0.2) is 36.4 Å². The standard InChI is InChI=1S/C36H48N2O6Si2/c1-36(2,3)44-34(41)37-19-11-10-12-32(33(39)40)38-35(42)43-24-31-29-22-25(17-20-45(4,5)6)13-15-27(29)28-16-14-26(23-30(28)31)18-21-46(7,8)9/h13-16,22-23,31-32H,10-12,19,24H2,1-9H3,(H,37,41)(H,38,42)(H,39,40)/t32-/m0/s1. The van der Waals surface area contributed by atoms with E-state index in [1.807, 2.05) is 12.1 Å². The Morgan fingerprint density at radius 1 is 0.848 bits per heavy atom. The molecular weight excluding hydrogens is 613 g/mol. The highest BCUT2D eigenvalue weighted by Gasteiger charge is 2.31. The van der Waals surface area contributed by atoms with E-state index in [0.717, 1.165) is 33.4 Å². The second kappa shape index (κ2) is 15.1. The summed E-state index contributed by atoms with van der Waals surface area (Å²) in [6.07, 6.45) is -0.128. The molecule has 0 heterocycles. The number of aliphatic carboxylic acids is 1. The molecule has 3 rings (SSSR count). The van der Waals surface area contributed by atoms with Gasteiger partial charge in [-0.25, -0.2) is 14.4 Å². The van der Waals surface area contributed by atoms with Gasteiger partial charge in [-0.15, -0.1) is 11.1 Å². The average Bonchev–Trinajstić information content (AvgIpc) is 3.23. The van der Waals surface area contributed by atoms with Gasteiger partial charge in [0.15, 0.2) is 0 Å². The summed E-state index contributed by atoms with van der Waals surface area (Å²) < 4.78 is 10.9. The Balaban J connectivity index is 1.73. The number of alkyl carbamates (subject to hydrolysis) is 2. The van der Waals surface area contributed by atoms with Gasteiger partial charge in [-0.2, -0.15) is 0 Å². The topological polar surface area (TPSA) is 114 Å². The molecule has 0 fully saturated rings. The molecule has 1 aliphatic rings. The fourth-order valence-corrected chi connectivity index (χ4v) is 5.83. The van der Waals surface area contributed by atoms with Crippen LogP contribution in [0.4, 0.5) is 9.59 Å². The monoisotopic (exact) mass is 660 g/mol. The molecule has 0 saturated carbocycles. The maximum atomic E-state index is 12.9. The Labute approximate surface area is 276 Å². The van der Waals surface area contributed by atoms with Gasteiger partial charge in [-0.05, 0) is 86.6 Å². The average molecular weight is 661 g/mol. The van der Waals surface area contributed by atoms with Crippen molar-refractivity contribution >= 4 is 34.3 Å². The lowest BCUT2D eigenvalue weighted by Crippen LogP contribution is -2.41. The predicted octanol–water partition coefficient (Wildman–Crippen LogP) is 7.13. The number of fused-ring (bicyclic) bond motifs is 3. The summed E-state index contributed by atoms with van der Waals surface area (Å²) in [5.41, 5.74) is 12.2. The van der Waals surface area contributed by atoms with Gasteiger partial charge in [0.2, 0.25) is 0 Å². The lowest BCUT2D eigenvalue weighted by Gasteiger charge is -2.20. The van der Waals surface area contributed by atoms with E-state index in [0.29, 0.717) is 19.4 Å². The second-order valence-electron chi connectivity index (χ2n) is 14.7. The van der Waals surface area contributed by atoms with Gasteiger partial charge in [-0.3, -0.25) is 0 Å². The molecule has 2 aromatic carbocycles. The molecule has 3 N–H and O–H groups in total. The zero-order valence-corrected chi connectivity index (χ0v) is 30.6. The third kappa shape index (κ3) is 11.7. The molecule has 8 nitrogen and oxygen atoms in total. The lowest BCUT2D eigenvalue weighted by molar-refractivity contribution is -0.139. The Hall–Kier alpha value is -4.00. The molecule has 1 aliphatic carbocycles. The number of carbonyl (C=O) groups excluding carboxylic acids is 2. The summed E-state index contributed by atoms with van der Waals surface area (Å²) >= 11 is 0. The Morgan fingerprint density at radius 2 is 1.37 bits per heavy atom. The highest BCUT2D eigenvalue weighted by Crippen LogP contribution is 2.45. The minimum Gasteiger partial charge on any atom is -0.480 e. The molecule has 46 heavy (non-hydrogen) atoms. The van der Waals surface area contributed by atoms with Crippen LogP contribution >= 0.6 is 0 Å². The number of carboxylic acids is 1. The smallest absolute Gasteiger partial charge is 0.407 e. The SMILES string of the molecule is CC(C)(C)OC(=O)NCCCC[C@H](NC(=O)OCC1c2cc(C#C[Si](C)(C)C)ccc2-c2ccc(C#C[Si](C)(C)C)cc21)C(=O)O. The van der Waals surface area contributed by atoms with Gasteiger partial charge in [0.05, 0.1) is 0 Å². The number of carboxylic acid groups (broad SMARTS) is 1. The van der Waals surface area contributed by atoms with Crippen LogP contribution in [0.1, 0.15) is 68.2 Å². The van der Waals surface area contributed by atoms with E-state index < -0.39 is 45.9 Å². The van der Waals surface area contributed by atoms with Crippen LogP contribution in [0.3, 0.4) is 0 Å². The van der Waals surface area contributed by atoms with Crippen LogP contribution in [0, 0.1) is 22.9 Å². The quantitative estimate of drug-likeness (QED) is 0.150. The van der Waals surface area contributed by atoms with Crippen LogP contribution < -0.4 is 10.6 Å². The Bertz CT molecular complexity index is 1490. The number of ether oxygens (including phenoxy) is 2. The summed E-state index contributed by atoms with van der Waals surface area (Å²) in [5.74, 6) is 5.27. The van der Waals surface area contributed by atoms with Gasteiger partial charge in [0.25, 0.3) is 0 Å². The molecule has 0 bridgehead atoms. The number of amides is 2. The van der Waals surface area contributed by atoms with Crippen molar-refractivity contribution in [3.05, 3.63) is 58.7 Å². The molecular formula is C36H48N2O6Si2. The highest BCUT2D eigenvalue weighted by atomic mass is 28.3. The first-order valence-corrected chi connectivity index (χ1v) is 22.8. The summed E-state index contributed by atoms with van der Waals surface area (Å²) in [5, 5.41) is 14.9. The number of rotatable bonds is 9. The first-order valence-electron chi connectivity index (χ1n) is 15.8. The maximum Gasteiger partial charge on any atom is 0.407 e. The second-order valence-corrected chi connectivity index (χ2v) is 24.2. The third-order valence-electron chi connectivity index (χ3n) is 6.87. The summed E-state index contributed by atoms with van der Waals surface area (Å²) in [4.78, 5) is 36.6. The molecule has 0 radical (unpaired) electrons. The van der Waals surface area contributed by atoms with Crippen molar-refractivity contribution in [3.63, 3.8) is 0 Å². The number of unbranched alkanes of at least 4 members (excludes halogenated alkanes) is 1. The van der Waals surface area contributed by atoms with Crippen molar-refractivity contribution < 1.29 is 29.0 Å². The summed E-state index contributed by atoms with van der Waals surface area (Å²) in [6, 6.07) is 11.3. The zero-order valence-electron chi connectivity index (χ0n) is 28.6. The van der Waals surface area contributed by atoms with Crippen LogP contribution in [0.2, 0.25) is 39.3 Å². The molecule has 1 atom stereocenters. The molecule has 0 aliphatic heterocycles. The van der Waals surface area contributed by atoms with Crippen molar-refractivity contribution in [1.29, 1.82) is 0 Å². The number of benzene rings is 2. The lowest BCUT2D eigenvalue weighted by atomic mass is 9.96. The van der Waals surface area contributed by atoms with Gasteiger partial charge in [0.1, 0.15) is 34.4 Å². The fraction of sp³-hybridized carbons (Fsp3) is 0.472. The molecule has 0 spiro atoms. The van der Waals surface area contributed by atoms with E-state index in [4.69, 9.17) is 9.47 Å². The van der Waals surface area contributed by atoms with E-state index in [-0.39, 0.29) is 18.9 Å². The summed E-state index contributed by atoms with van der Waals surface area (Å²) in [6.45, 7) is 18.9. The number of hydrogen-bond donors (Lipinski definition) is 3.